The highest BCUT2D eigenvalue weighted by Gasteiger charge is 2.30. The molecule has 4 heteroatoms. The summed E-state index contributed by atoms with van der Waals surface area (Å²) in [5, 5.41) is 0. The molecule has 0 unspecified atom stereocenters. The zero-order chi connectivity index (χ0) is 18.0. The van der Waals surface area contributed by atoms with Crippen LogP contribution in [0, 0.1) is 6.92 Å². The van der Waals surface area contributed by atoms with Crippen LogP contribution in [0.1, 0.15) is 28.4 Å². The van der Waals surface area contributed by atoms with Gasteiger partial charge in [-0.25, -0.2) is 0 Å². The summed E-state index contributed by atoms with van der Waals surface area (Å²) in [7, 11) is 1.61. The number of benzene rings is 2. The van der Waals surface area contributed by atoms with Crippen molar-refractivity contribution in [2.24, 2.45) is 0 Å². The Kier molecular flexibility index (Phi) is 4.61. The molecule has 4 nitrogen and oxygen atoms in total. The molecule has 2 aromatic rings. The van der Waals surface area contributed by atoms with Crippen LogP contribution in [0.5, 0.6) is 17.2 Å². The number of hydrogen-bond acceptors (Lipinski definition) is 4. The Morgan fingerprint density at radius 2 is 2.08 bits per heavy atom. The molecule has 0 bridgehead atoms. The van der Waals surface area contributed by atoms with E-state index in [9.17, 15) is 4.79 Å². The number of allylic oxidation sites excluding steroid dienone is 1. The van der Waals surface area contributed by atoms with E-state index in [0.29, 0.717) is 29.4 Å². The predicted molar refractivity (Wildman–Crippen MR) is 97.4 cm³/mol. The number of ketones is 1. The second-order valence-corrected chi connectivity index (χ2v) is 6.03. The molecule has 0 amide bonds. The van der Waals surface area contributed by atoms with Crippen LogP contribution < -0.4 is 14.2 Å². The van der Waals surface area contributed by atoms with E-state index in [2.05, 4.69) is 6.58 Å². The molecule has 3 rings (SSSR count). The van der Waals surface area contributed by atoms with Crippen LogP contribution in [0.2, 0.25) is 0 Å². The summed E-state index contributed by atoms with van der Waals surface area (Å²) >= 11 is 0. The van der Waals surface area contributed by atoms with Gasteiger partial charge in [0.2, 0.25) is 5.78 Å². The minimum atomic E-state index is -0.132. The van der Waals surface area contributed by atoms with Gasteiger partial charge in [-0.3, -0.25) is 4.79 Å². The molecule has 0 N–H and O–H groups in total. The first-order valence-electron chi connectivity index (χ1n) is 7.98. The van der Waals surface area contributed by atoms with Gasteiger partial charge in [-0.15, -0.1) is 0 Å². The number of carbonyl (C=O) groups is 1. The monoisotopic (exact) mass is 336 g/mol. The van der Waals surface area contributed by atoms with E-state index >= 15 is 0 Å². The second-order valence-electron chi connectivity index (χ2n) is 6.03. The third-order valence-corrected chi connectivity index (χ3v) is 3.90. The number of hydrogen-bond donors (Lipinski definition) is 0. The highest BCUT2D eigenvalue weighted by Crippen LogP contribution is 2.39. The third kappa shape index (κ3) is 3.43. The summed E-state index contributed by atoms with van der Waals surface area (Å²) in [6.45, 7) is 8.04. The maximum atomic E-state index is 12.6. The first kappa shape index (κ1) is 16.8. The van der Waals surface area contributed by atoms with Crippen LogP contribution >= 0.6 is 0 Å². The molecule has 0 aliphatic carbocycles. The van der Waals surface area contributed by atoms with Crippen molar-refractivity contribution >= 4 is 11.9 Å². The first-order chi connectivity index (χ1) is 12.0. The van der Waals surface area contributed by atoms with Gasteiger partial charge in [-0.1, -0.05) is 18.7 Å². The summed E-state index contributed by atoms with van der Waals surface area (Å²) in [5.74, 6) is 2.13. The number of carbonyl (C=O) groups excluding carboxylic acids is 1. The number of fused-ring (bicyclic) bond motifs is 1. The van der Waals surface area contributed by atoms with E-state index in [-0.39, 0.29) is 5.78 Å². The maximum absolute atomic E-state index is 12.6. The number of ether oxygens (including phenoxy) is 3. The minimum Gasteiger partial charge on any atom is -0.497 e. The summed E-state index contributed by atoms with van der Waals surface area (Å²) in [4.78, 5) is 12.6. The van der Waals surface area contributed by atoms with Crippen molar-refractivity contribution in [3.63, 3.8) is 0 Å². The summed E-state index contributed by atoms with van der Waals surface area (Å²) in [6, 6.07) is 11.0. The van der Waals surface area contributed by atoms with E-state index in [1.807, 2.05) is 38.1 Å². The van der Waals surface area contributed by atoms with Gasteiger partial charge in [0.25, 0.3) is 0 Å². The van der Waals surface area contributed by atoms with Crippen LogP contribution in [0.25, 0.3) is 6.08 Å². The van der Waals surface area contributed by atoms with E-state index < -0.39 is 0 Å². The standard InChI is InChI=1S/C21H20O4/c1-13(2)12-24-18-9-8-17-20(22)19(25-21(17)14(18)3)11-15-6-5-7-16(10-15)23-4/h5-11H,1,12H2,2-4H3/b19-11-. The van der Waals surface area contributed by atoms with Crippen LogP contribution in [0.4, 0.5) is 0 Å². The van der Waals surface area contributed by atoms with Gasteiger partial charge >= 0.3 is 0 Å². The molecule has 25 heavy (non-hydrogen) atoms. The fourth-order valence-electron chi connectivity index (χ4n) is 2.61. The number of Topliss-reactive ketones (excluding diaryl/α,β-unsaturated/α-hetero) is 1. The Hall–Kier alpha value is -3.01. The Morgan fingerprint density at radius 1 is 1.28 bits per heavy atom. The lowest BCUT2D eigenvalue weighted by atomic mass is 10.1. The quantitative estimate of drug-likeness (QED) is 0.592. The molecule has 128 valence electrons. The molecule has 1 aliphatic heterocycles. The van der Waals surface area contributed by atoms with Crippen molar-refractivity contribution in [1.82, 2.24) is 0 Å². The van der Waals surface area contributed by atoms with Crippen LogP contribution in [-0.4, -0.2) is 19.5 Å². The molecule has 0 atom stereocenters. The van der Waals surface area contributed by atoms with Crippen LogP contribution in [-0.2, 0) is 0 Å². The van der Waals surface area contributed by atoms with E-state index in [4.69, 9.17) is 14.2 Å². The SMILES string of the molecule is C=C(C)COc1ccc2c(c1C)O/C(=C\c1cccc(OC)c1)C2=O. The summed E-state index contributed by atoms with van der Waals surface area (Å²) < 4.78 is 16.8. The summed E-state index contributed by atoms with van der Waals surface area (Å²) in [6.07, 6.45) is 1.72. The Labute approximate surface area is 147 Å². The average molecular weight is 336 g/mol. The molecule has 0 spiro atoms. The van der Waals surface area contributed by atoms with Crippen LogP contribution in [0.3, 0.4) is 0 Å². The van der Waals surface area contributed by atoms with Gasteiger partial charge in [0.05, 0.1) is 12.7 Å². The molecule has 0 saturated heterocycles. The predicted octanol–water partition coefficient (Wildman–Crippen LogP) is 4.57. The fourth-order valence-corrected chi connectivity index (χ4v) is 2.61. The second kappa shape index (κ2) is 6.85. The third-order valence-electron chi connectivity index (χ3n) is 3.90. The summed E-state index contributed by atoms with van der Waals surface area (Å²) in [5.41, 5.74) is 3.12. The zero-order valence-corrected chi connectivity index (χ0v) is 14.6. The first-order valence-corrected chi connectivity index (χ1v) is 7.98. The average Bonchev–Trinajstić information content (AvgIpc) is 2.91. The smallest absolute Gasteiger partial charge is 0.231 e. The van der Waals surface area contributed by atoms with E-state index in [0.717, 1.165) is 22.4 Å². The van der Waals surface area contributed by atoms with Gasteiger partial charge in [-0.05, 0) is 55.3 Å². The molecule has 0 saturated carbocycles. The molecule has 0 aromatic heterocycles. The fraction of sp³-hybridized carbons (Fsp3) is 0.190. The van der Waals surface area contributed by atoms with Gasteiger partial charge in [0, 0.05) is 5.56 Å². The normalized spacial score (nSPS) is 14.2. The van der Waals surface area contributed by atoms with Gasteiger partial charge in [0.1, 0.15) is 23.9 Å². The highest BCUT2D eigenvalue weighted by molar-refractivity contribution is 6.15. The van der Waals surface area contributed by atoms with Gasteiger partial charge in [0.15, 0.2) is 5.76 Å². The van der Waals surface area contributed by atoms with Crippen molar-refractivity contribution in [3.05, 3.63) is 71.0 Å². The Bertz CT molecular complexity index is 877. The molecule has 0 fully saturated rings. The minimum absolute atomic E-state index is 0.132. The lowest BCUT2D eigenvalue weighted by Crippen LogP contribution is -2.00. The van der Waals surface area contributed by atoms with E-state index in [1.165, 1.54) is 0 Å². The van der Waals surface area contributed by atoms with Crippen LogP contribution in [0.15, 0.2) is 54.3 Å². The molecule has 1 heterocycles. The van der Waals surface area contributed by atoms with Gasteiger partial charge < -0.3 is 14.2 Å². The zero-order valence-electron chi connectivity index (χ0n) is 14.6. The van der Waals surface area contributed by atoms with Crippen molar-refractivity contribution < 1.29 is 19.0 Å². The molecular formula is C21H20O4. The van der Waals surface area contributed by atoms with Gasteiger partial charge in [-0.2, -0.15) is 0 Å². The molecule has 0 radical (unpaired) electrons. The topological polar surface area (TPSA) is 44.8 Å². The lowest BCUT2D eigenvalue weighted by molar-refractivity contribution is 0.101. The van der Waals surface area contributed by atoms with Crippen molar-refractivity contribution in [1.29, 1.82) is 0 Å². The molecule has 1 aliphatic rings. The highest BCUT2D eigenvalue weighted by atomic mass is 16.5. The Morgan fingerprint density at radius 3 is 2.80 bits per heavy atom. The van der Waals surface area contributed by atoms with Crippen molar-refractivity contribution in [2.45, 2.75) is 13.8 Å². The molecule has 2 aromatic carbocycles. The number of rotatable bonds is 5. The maximum Gasteiger partial charge on any atom is 0.231 e. The van der Waals surface area contributed by atoms with E-state index in [1.54, 1.807) is 25.3 Å². The number of methoxy groups -OCH3 is 1. The van der Waals surface area contributed by atoms with Crippen molar-refractivity contribution in [3.8, 4) is 17.2 Å². The Balaban J connectivity index is 1.91. The largest absolute Gasteiger partial charge is 0.497 e. The van der Waals surface area contributed by atoms with Crippen molar-refractivity contribution in [2.75, 3.05) is 13.7 Å². The lowest BCUT2D eigenvalue weighted by Gasteiger charge is -2.11. The molecular weight excluding hydrogens is 316 g/mol.